The molecule has 0 radical (unpaired) electrons. The van der Waals surface area contributed by atoms with Crippen LogP contribution in [0.5, 0.6) is 5.75 Å². The topological polar surface area (TPSA) is 35.5 Å². The number of carbonyl (C=O) groups excluding carboxylic acids is 1. The largest absolute Gasteiger partial charge is 0.426 e. The molecular weight excluding hydrogens is 228 g/mol. The highest BCUT2D eigenvalue weighted by Crippen LogP contribution is 2.35. The minimum absolute atomic E-state index is 0.0836. The minimum atomic E-state index is -0.0836. The Hall–Kier alpha value is -1.35. The minimum Gasteiger partial charge on any atom is -0.426 e. The van der Waals surface area contributed by atoms with Gasteiger partial charge in [0.25, 0.3) is 0 Å². The average Bonchev–Trinajstić information content (AvgIpc) is 3.22. The molecule has 0 bridgehead atoms. The fraction of sp³-hybridized carbons (Fsp3) is 0.533. The Balaban J connectivity index is 1.81. The van der Waals surface area contributed by atoms with Crippen LogP contribution in [0.15, 0.2) is 18.2 Å². The molecule has 0 spiro atoms. The van der Waals surface area contributed by atoms with E-state index in [1.807, 2.05) is 12.1 Å². The van der Waals surface area contributed by atoms with E-state index in [9.17, 15) is 4.79 Å². The number of ether oxygens (including phenoxy) is 2. The molecule has 1 atom stereocenters. The van der Waals surface area contributed by atoms with Gasteiger partial charge in [0.1, 0.15) is 5.75 Å². The van der Waals surface area contributed by atoms with Gasteiger partial charge in [0.15, 0.2) is 0 Å². The zero-order valence-electron chi connectivity index (χ0n) is 10.6. The first-order valence-electron chi connectivity index (χ1n) is 6.65. The lowest BCUT2D eigenvalue weighted by atomic mass is 9.89. The van der Waals surface area contributed by atoms with Crippen molar-refractivity contribution in [3.8, 4) is 5.75 Å². The highest BCUT2D eigenvalue weighted by molar-refractivity contribution is 5.77. The summed E-state index contributed by atoms with van der Waals surface area (Å²) in [6, 6.07) is 5.94. The summed E-state index contributed by atoms with van der Waals surface area (Å²) in [5, 5.41) is 0. The maximum Gasteiger partial charge on any atom is 0.314 e. The van der Waals surface area contributed by atoms with Crippen molar-refractivity contribution in [2.24, 2.45) is 5.92 Å². The van der Waals surface area contributed by atoms with E-state index in [4.69, 9.17) is 9.47 Å². The van der Waals surface area contributed by atoms with Crippen molar-refractivity contribution < 1.29 is 14.3 Å². The van der Waals surface area contributed by atoms with E-state index >= 15 is 0 Å². The Bertz CT molecular complexity index is 463. The van der Waals surface area contributed by atoms with Crippen molar-refractivity contribution >= 4 is 5.97 Å². The van der Waals surface area contributed by atoms with Crippen LogP contribution in [0.25, 0.3) is 0 Å². The molecule has 1 aromatic carbocycles. The van der Waals surface area contributed by atoms with E-state index in [0.717, 1.165) is 32.1 Å². The molecule has 3 heteroatoms. The molecule has 0 heterocycles. The summed E-state index contributed by atoms with van der Waals surface area (Å²) >= 11 is 0. The van der Waals surface area contributed by atoms with E-state index in [1.165, 1.54) is 11.1 Å². The van der Waals surface area contributed by atoms with Crippen LogP contribution in [0.2, 0.25) is 0 Å². The summed E-state index contributed by atoms with van der Waals surface area (Å²) in [4.78, 5) is 11.6. The van der Waals surface area contributed by atoms with Gasteiger partial charge in [-0.1, -0.05) is 6.07 Å². The number of esters is 1. The molecule has 1 aromatic rings. The molecule has 18 heavy (non-hydrogen) atoms. The Labute approximate surface area is 107 Å². The number of methoxy groups -OCH3 is 1. The van der Waals surface area contributed by atoms with E-state index in [1.54, 1.807) is 7.11 Å². The normalized spacial score (nSPS) is 22.4. The van der Waals surface area contributed by atoms with Crippen LogP contribution in [-0.2, 0) is 16.0 Å². The molecule has 1 saturated carbocycles. The maximum absolute atomic E-state index is 11.6. The summed E-state index contributed by atoms with van der Waals surface area (Å²) in [7, 11) is 1.74. The van der Waals surface area contributed by atoms with Gasteiger partial charge < -0.3 is 9.47 Å². The Morgan fingerprint density at radius 1 is 1.28 bits per heavy atom. The van der Waals surface area contributed by atoms with E-state index < -0.39 is 0 Å². The molecule has 0 saturated heterocycles. The predicted molar refractivity (Wildman–Crippen MR) is 67.5 cm³/mol. The number of fused-ring (bicyclic) bond motifs is 1. The second-order valence-electron chi connectivity index (χ2n) is 5.17. The number of hydrogen-bond donors (Lipinski definition) is 0. The van der Waals surface area contributed by atoms with Crippen LogP contribution < -0.4 is 4.74 Å². The van der Waals surface area contributed by atoms with Gasteiger partial charge >= 0.3 is 5.97 Å². The van der Waals surface area contributed by atoms with E-state index in [0.29, 0.717) is 5.75 Å². The summed E-state index contributed by atoms with van der Waals surface area (Å²) in [5.41, 5.74) is 2.50. The summed E-state index contributed by atoms with van der Waals surface area (Å²) in [6.45, 7) is 0. The van der Waals surface area contributed by atoms with Crippen LogP contribution >= 0.6 is 0 Å². The van der Waals surface area contributed by atoms with Crippen molar-refractivity contribution in [2.75, 3.05) is 7.11 Å². The Kier molecular flexibility index (Phi) is 3.08. The fourth-order valence-electron chi connectivity index (χ4n) is 2.56. The lowest BCUT2D eigenvalue weighted by Gasteiger charge is -2.24. The van der Waals surface area contributed by atoms with Gasteiger partial charge in [-0.05, 0) is 55.4 Å². The van der Waals surface area contributed by atoms with Crippen molar-refractivity contribution in [3.63, 3.8) is 0 Å². The van der Waals surface area contributed by atoms with Gasteiger partial charge in [0.05, 0.1) is 12.0 Å². The summed E-state index contributed by atoms with van der Waals surface area (Å²) in [6.07, 6.45) is 5.39. The highest BCUT2D eigenvalue weighted by atomic mass is 16.5. The molecular formula is C15H18O3. The monoisotopic (exact) mass is 246 g/mol. The maximum atomic E-state index is 11.6. The third-order valence-electron chi connectivity index (χ3n) is 3.79. The van der Waals surface area contributed by atoms with Gasteiger partial charge in [-0.25, -0.2) is 0 Å². The van der Waals surface area contributed by atoms with Gasteiger partial charge in [0, 0.05) is 7.11 Å². The van der Waals surface area contributed by atoms with Gasteiger partial charge in [-0.3, -0.25) is 4.79 Å². The number of carbonyl (C=O) groups is 1. The Morgan fingerprint density at radius 3 is 2.83 bits per heavy atom. The van der Waals surface area contributed by atoms with Crippen LogP contribution in [0.4, 0.5) is 0 Å². The standard InChI is InChI=1S/C15H18O3/c1-17-14-4-2-3-10-7-8-12(9-13(10)14)18-15(16)11-5-6-11/h7-9,11,14H,2-6H2,1H3. The number of benzene rings is 1. The van der Waals surface area contributed by atoms with Crippen molar-refractivity contribution in [1.29, 1.82) is 0 Å². The smallest absolute Gasteiger partial charge is 0.314 e. The first kappa shape index (κ1) is 11.7. The first-order valence-corrected chi connectivity index (χ1v) is 6.65. The number of aryl methyl sites for hydroxylation is 1. The molecule has 0 aliphatic heterocycles. The molecule has 0 N–H and O–H groups in total. The molecule has 96 valence electrons. The fourth-order valence-corrected chi connectivity index (χ4v) is 2.56. The second kappa shape index (κ2) is 4.73. The number of rotatable bonds is 3. The van der Waals surface area contributed by atoms with Crippen molar-refractivity contribution in [3.05, 3.63) is 29.3 Å². The molecule has 2 aliphatic rings. The average molecular weight is 246 g/mol. The third-order valence-corrected chi connectivity index (χ3v) is 3.79. The zero-order valence-corrected chi connectivity index (χ0v) is 10.6. The predicted octanol–water partition coefficient (Wildman–Crippen LogP) is 3.03. The third kappa shape index (κ3) is 2.27. The van der Waals surface area contributed by atoms with Crippen LogP contribution in [0, 0.1) is 5.92 Å². The molecule has 1 unspecified atom stereocenters. The highest BCUT2D eigenvalue weighted by Gasteiger charge is 2.32. The van der Waals surface area contributed by atoms with Crippen LogP contribution in [0.3, 0.4) is 0 Å². The summed E-state index contributed by atoms with van der Waals surface area (Å²) in [5.74, 6) is 0.716. The molecule has 0 amide bonds. The molecule has 2 aliphatic carbocycles. The van der Waals surface area contributed by atoms with Crippen LogP contribution in [-0.4, -0.2) is 13.1 Å². The molecule has 1 fully saturated rings. The molecule has 0 aromatic heterocycles. The lowest BCUT2D eigenvalue weighted by Crippen LogP contribution is -2.13. The quantitative estimate of drug-likeness (QED) is 0.607. The van der Waals surface area contributed by atoms with Crippen LogP contribution in [0.1, 0.15) is 42.9 Å². The SMILES string of the molecule is COC1CCCc2ccc(OC(=O)C3CC3)cc21. The first-order chi connectivity index (χ1) is 8.78. The summed E-state index contributed by atoms with van der Waals surface area (Å²) < 4.78 is 10.9. The molecule has 3 nitrogen and oxygen atoms in total. The Morgan fingerprint density at radius 2 is 2.11 bits per heavy atom. The second-order valence-corrected chi connectivity index (χ2v) is 5.17. The number of hydrogen-bond acceptors (Lipinski definition) is 3. The van der Waals surface area contributed by atoms with E-state index in [2.05, 4.69) is 6.07 Å². The molecule has 3 rings (SSSR count). The van der Waals surface area contributed by atoms with Crippen molar-refractivity contribution in [2.45, 2.75) is 38.2 Å². The van der Waals surface area contributed by atoms with Gasteiger partial charge in [-0.2, -0.15) is 0 Å². The van der Waals surface area contributed by atoms with E-state index in [-0.39, 0.29) is 18.0 Å². The lowest BCUT2D eigenvalue weighted by molar-refractivity contribution is -0.135. The van der Waals surface area contributed by atoms with Crippen molar-refractivity contribution in [1.82, 2.24) is 0 Å². The van der Waals surface area contributed by atoms with Gasteiger partial charge in [0.2, 0.25) is 0 Å². The zero-order chi connectivity index (χ0) is 12.5. The van der Waals surface area contributed by atoms with Gasteiger partial charge in [-0.15, -0.1) is 0 Å².